The van der Waals surface area contributed by atoms with Gasteiger partial charge in [-0.25, -0.2) is 0 Å². The van der Waals surface area contributed by atoms with Crippen LogP contribution in [-0.4, -0.2) is 57.2 Å². The van der Waals surface area contributed by atoms with Crippen LogP contribution in [0.5, 0.6) is 0 Å². The maximum atomic E-state index is 13.0. The van der Waals surface area contributed by atoms with E-state index >= 15 is 0 Å². The van der Waals surface area contributed by atoms with E-state index in [1.165, 1.54) is 0 Å². The lowest BCUT2D eigenvalue weighted by Gasteiger charge is -2.26. The summed E-state index contributed by atoms with van der Waals surface area (Å²) in [5, 5.41) is 7.94. The van der Waals surface area contributed by atoms with Gasteiger partial charge >= 0.3 is 0 Å². The van der Waals surface area contributed by atoms with Crippen molar-refractivity contribution < 1.29 is 13.8 Å². The standard InChI is InChI=1S/C18H27N5O3/c1-5-15-17(12(2)20-26-15)18(24)23-9-6-7-14(8-10-23)22(4)11-16-19-13(3)25-21-16/h14H,5-11H2,1-4H3/t14-/m0/s1. The Labute approximate surface area is 153 Å². The number of carbonyl (C=O) groups is 1. The Kier molecular flexibility index (Phi) is 5.70. The normalized spacial score (nSPS) is 18.3. The van der Waals surface area contributed by atoms with Crippen LogP contribution >= 0.6 is 0 Å². The maximum absolute atomic E-state index is 13.0. The highest BCUT2D eigenvalue weighted by molar-refractivity contribution is 5.96. The molecular formula is C18H27N5O3. The number of aromatic nitrogens is 3. The summed E-state index contributed by atoms with van der Waals surface area (Å²) in [6.07, 6.45) is 3.61. The molecule has 2 aromatic rings. The SMILES string of the molecule is CCc1onc(C)c1C(=O)N1CCC[C@H](N(C)Cc2noc(C)n2)CC1. The summed E-state index contributed by atoms with van der Waals surface area (Å²) >= 11 is 0. The third-order valence-electron chi connectivity index (χ3n) is 5.04. The van der Waals surface area contributed by atoms with Crippen molar-refractivity contribution in [1.29, 1.82) is 0 Å². The van der Waals surface area contributed by atoms with Crippen molar-refractivity contribution in [1.82, 2.24) is 25.1 Å². The topological polar surface area (TPSA) is 88.5 Å². The van der Waals surface area contributed by atoms with Crippen LogP contribution in [0, 0.1) is 13.8 Å². The van der Waals surface area contributed by atoms with E-state index in [4.69, 9.17) is 9.05 Å². The summed E-state index contributed by atoms with van der Waals surface area (Å²) in [7, 11) is 2.08. The minimum absolute atomic E-state index is 0.0395. The average molecular weight is 361 g/mol. The molecule has 0 aliphatic carbocycles. The molecule has 1 saturated heterocycles. The molecule has 3 rings (SSSR count). The Hall–Kier alpha value is -2.22. The average Bonchev–Trinajstić information content (AvgIpc) is 3.09. The molecule has 1 fully saturated rings. The number of hydrogen-bond acceptors (Lipinski definition) is 7. The summed E-state index contributed by atoms with van der Waals surface area (Å²) in [6.45, 7) is 7.75. The molecule has 1 aliphatic heterocycles. The number of rotatable bonds is 5. The van der Waals surface area contributed by atoms with E-state index in [0.29, 0.717) is 47.7 Å². The molecule has 0 unspecified atom stereocenters. The van der Waals surface area contributed by atoms with Gasteiger partial charge in [0.25, 0.3) is 5.91 Å². The van der Waals surface area contributed by atoms with Crippen LogP contribution in [0.25, 0.3) is 0 Å². The zero-order valence-corrected chi connectivity index (χ0v) is 16.0. The van der Waals surface area contributed by atoms with E-state index in [-0.39, 0.29) is 5.91 Å². The Bertz CT molecular complexity index is 754. The van der Waals surface area contributed by atoms with E-state index in [2.05, 4.69) is 27.2 Å². The van der Waals surface area contributed by atoms with Crippen LogP contribution < -0.4 is 0 Å². The quantitative estimate of drug-likeness (QED) is 0.807. The molecule has 26 heavy (non-hydrogen) atoms. The predicted octanol–water partition coefficient (Wildman–Crippen LogP) is 2.36. The van der Waals surface area contributed by atoms with Crippen LogP contribution in [0.3, 0.4) is 0 Å². The number of aryl methyl sites for hydroxylation is 3. The van der Waals surface area contributed by atoms with Crippen LogP contribution in [-0.2, 0) is 13.0 Å². The van der Waals surface area contributed by atoms with Crippen LogP contribution in [0.15, 0.2) is 9.05 Å². The van der Waals surface area contributed by atoms with Crippen molar-refractivity contribution in [3.8, 4) is 0 Å². The molecule has 1 amide bonds. The second kappa shape index (κ2) is 7.99. The molecule has 2 aromatic heterocycles. The van der Waals surface area contributed by atoms with Gasteiger partial charge in [0.05, 0.1) is 12.2 Å². The summed E-state index contributed by atoms with van der Waals surface area (Å²) in [5.74, 6) is 2.01. The van der Waals surface area contributed by atoms with Crippen LogP contribution in [0.4, 0.5) is 0 Å². The van der Waals surface area contributed by atoms with Crippen LogP contribution in [0.2, 0.25) is 0 Å². The Balaban J connectivity index is 1.62. The first-order valence-electron chi connectivity index (χ1n) is 9.23. The lowest BCUT2D eigenvalue weighted by molar-refractivity contribution is 0.0754. The van der Waals surface area contributed by atoms with Crippen molar-refractivity contribution in [2.45, 2.75) is 59.0 Å². The summed E-state index contributed by atoms with van der Waals surface area (Å²) < 4.78 is 10.3. The first-order valence-corrected chi connectivity index (χ1v) is 9.23. The molecule has 0 saturated carbocycles. The van der Waals surface area contributed by atoms with E-state index in [1.54, 1.807) is 6.92 Å². The zero-order valence-electron chi connectivity index (χ0n) is 16.0. The highest BCUT2D eigenvalue weighted by Gasteiger charge is 2.28. The Morgan fingerprint density at radius 3 is 2.73 bits per heavy atom. The van der Waals surface area contributed by atoms with Gasteiger partial charge in [-0.1, -0.05) is 17.2 Å². The summed E-state index contributed by atoms with van der Waals surface area (Å²) in [5.41, 5.74) is 1.32. The van der Waals surface area contributed by atoms with Crippen LogP contribution in [0.1, 0.15) is 59.7 Å². The zero-order chi connectivity index (χ0) is 18.7. The highest BCUT2D eigenvalue weighted by Crippen LogP contribution is 2.22. The molecule has 8 nitrogen and oxygen atoms in total. The van der Waals surface area contributed by atoms with Gasteiger partial charge in [0, 0.05) is 32.5 Å². The van der Waals surface area contributed by atoms with Gasteiger partial charge in [-0.15, -0.1) is 0 Å². The molecule has 142 valence electrons. The third kappa shape index (κ3) is 3.95. The van der Waals surface area contributed by atoms with Gasteiger partial charge in [0.2, 0.25) is 5.89 Å². The van der Waals surface area contributed by atoms with Crippen molar-refractivity contribution in [2.24, 2.45) is 0 Å². The highest BCUT2D eigenvalue weighted by atomic mass is 16.5. The second-order valence-corrected chi connectivity index (χ2v) is 6.94. The number of amides is 1. The first kappa shape index (κ1) is 18.6. The van der Waals surface area contributed by atoms with Gasteiger partial charge in [-0.05, 0) is 33.2 Å². The molecule has 0 N–H and O–H groups in total. The van der Waals surface area contributed by atoms with Crippen molar-refractivity contribution in [2.75, 3.05) is 20.1 Å². The fraction of sp³-hybridized carbons (Fsp3) is 0.667. The Morgan fingerprint density at radius 1 is 1.23 bits per heavy atom. The number of likely N-dealkylation sites (tertiary alicyclic amines) is 1. The minimum Gasteiger partial charge on any atom is -0.360 e. The lowest BCUT2D eigenvalue weighted by atomic mass is 10.1. The molecule has 1 atom stereocenters. The predicted molar refractivity (Wildman–Crippen MR) is 94.7 cm³/mol. The fourth-order valence-electron chi connectivity index (χ4n) is 3.57. The van der Waals surface area contributed by atoms with Gasteiger partial charge in [-0.3, -0.25) is 9.69 Å². The van der Waals surface area contributed by atoms with E-state index in [1.807, 2.05) is 18.7 Å². The lowest BCUT2D eigenvalue weighted by Crippen LogP contribution is -2.35. The molecule has 0 aromatic carbocycles. The molecule has 0 bridgehead atoms. The van der Waals surface area contributed by atoms with E-state index in [9.17, 15) is 4.79 Å². The van der Waals surface area contributed by atoms with Crippen molar-refractivity contribution in [3.05, 3.63) is 28.7 Å². The number of carbonyl (C=O) groups excluding carboxylic acids is 1. The third-order valence-corrected chi connectivity index (χ3v) is 5.04. The fourth-order valence-corrected chi connectivity index (χ4v) is 3.57. The smallest absolute Gasteiger partial charge is 0.259 e. The summed E-state index contributed by atoms with van der Waals surface area (Å²) in [6, 6.07) is 0.390. The Morgan fingerprint density at radius 2 is 2.04 bits per heavy atom. The molecule has 0 spiro atoms. The number of hydrogen-bond donors (Lipinski definition) is 0. The first-order chi connectivity index (χ1) is 12.5. The van der Waals surface area contributed by atoms with E-state index < -0.39 is 0 Å². The molecule has 8 heteroatoms. The van der Waals surface area contributed by atoms with Gasteiger partial charge < -0.3 is 13.9 Å². The maximum Gasteiger partial charge on any atom is 0.259 e. The molecular weight excluding hydrogens is 334 g/mol. The van der Waals surface area contributed by atoms with E-state index in [0.717, 1.165) is 32.4 Å². The second-order valence-electron chi connectivity index (χ2n) is 6.94. The van der Waals surface area contributed by atoms with Crippen molar-refractivity contribution >= 4 is 5.91 Å². The molecule has 3 heterocycles. The molecule has 0 radical (unpaired) electrons. The van der Waals surface area contributed by atoms with Crippen molar-refractivity contribution in [3.63, 3.8) is 0 Å². The number of nitrogens with zero attached hydrogens (tertiary/aromatic N) is 5. The van der Waals surface area contributed by atoms with Gasteiger partial charge in [-0.2, -0.15) is 4.98 Å². The van der Waals surface area contributed by atoms with Gasteiger partial charge in [0.1, 0.15) is 11.3 Å². The largest absolute Gasteiger partial charge is 0.360 e. The molecule has 1 aliphatic rings. The monoisotopic (exact) mass is 361 g/mol. The minimum atomic E-state index is 0.0395. The summed E-state index contributed by atoms with van der Waals surface area (Å²) in [4.78, 5) is 21.4. The van der Waals surface area contributed by atoms with Gasteiger partial charge in [0.15, 0.2) is 5.82 Å².